The summed E-state index contributed by atoms with van der Waals surface area (Å²) in [7, 11) is 0. The molecular formula is C15H13BrFNO2. The van der Waals surface area contributed by atoms with Crippen molar-refractivity contribution in [3.63, 3.8) is 0 Å². The molecule has 5 heteroatoms. The molecule has 1 aromatic carbocycles. The molecule has 0 fully saturated rings. The summed E-state index contributed by atoms with van der Waals surface area (Å²) in [6.45, 7) is 0. The number of hydrogen-bond donors (Lipinski definition) is 1. The quantitative estimate of drug-likeness (QED) is 0.900. The van der Waals surface area contributed by atoms with E-state index >= 15 is 0 Å². The molecule has 3 nitrogen and oxygen atoms in total. The summed E-state index contributed by atoms with van der Waals surface area (Å²) in [5.41, 5.74) is 1.48. The fourth-order valence-electron chi connectivity index (χ4n) is 2.55. The molecule has 1 aliphatic carbocycles. The van der Waals surface area contributed by atoms with Crippen molar-refractivity contribution in [2.45, 2.75) is 25.3 Å². The van der Waals surface area contributed by atoms with Crippen molar-refractivity contribution in [1.29, 1.82) is 0 Å². The van der Waals surface area contributed by atoms with Crippen LogP contribution in [0, 0.1) is 5.82 Å². The second-order valence-electron chi connectivity index (χ2n) is 4.84. The number of benzene rings is 1. The molecule has 0 aliphatic heterocycles. The second kappa shape index (κ2) is 5.40. The van der Waals surface area contributed by atoms with Crippen LogP contribution >= 0.6 is 15.9 Å². The molecule has 0 saturated carbocycles. The molecule has 1 heterocycles. The van der Waals surface area contributed by atoms with Gasteiger partial charge in [0.1, 0.15) is 11.6 Å². The fourth-order valence-corrected chi connectivity index (χ4v) is 3.08. The number of fused-ring (bicyclic) bond motifs is 1. The topological polar surface area (TPSA) is 42.2 Å². The smallest absolute Gasteiger partial charge is 0.252 e. The maximum absolute atomic E-state index is 13.1. The zero-order chi connectivity index (χ0) is 14.1. The van der Waals surface area contributed by atoms with E-state index < -0.39 is 0 Å². The van der Waals surface area contributed by atoms with Crippen LogP contribution in [0.4, 0.5) is 4.39 Å². The largest absolute Gasteiger partial charge is 0.469 e. The number of rotatable bonds is 2. The average Bonchev–Trinajstić information content (AvgIpc) is 2.87. The van der Waals surface area contributed by atoms with Gasteiger partial charge in [-0.3, -0.25) is 4.79 Å². The number of aryl methyl sites for hydroxylation is 1. The summed E-state index contributed by atoms with van der Waals surface area (Å²) in [5, 5.41) is 2.99. The maximum atomic E-state index is 13.1. The van der Waals surface area contributed by atoms with Crippen molar-refractivity contribution >= 4 is 21.8 Å². The van der Waals surface area contributed by atoms with Crippen LogP contribution in [-0.4, -0.2) is 5.91 Å². The molecule has 104 valence electrons. The molecular weight excluding hydrogens is 325 g/mol. The lowest BCUT2D eigenvalue weighted by Gasteiger charge is -2.23. The molecule has 1 aromatic heterocycles. The number of halogens is 2. The first-order chi connectivity index (χ1) is 9.65. The third-order valence-electron chi connectivity index (χ3n) is 3.53. The molecule has 1 aliphatic rings. The third-order valence-corrected chi connectivity index (χ3v) is 4.19. The molecule has 20 heavy (non-hydrogen) atoms. The van der Waals surface area contributed by atoms with Crippen LogP contribution in [0.5, 0.6) is 0 Å². The van der Waals surface area contributed by atoms with Crippen molar-refractivity contribution in [2.75, 3.05) is 0 Å². The van der Waals surface area contributed by atoms with Crippen LogP contribution in [0.15, 0.2) is 39.4 Å². The molecule has 0 radical (unpaired) electrons. The SMILES string of the molecule is O=C(NC1CCCc2occc21)c1ccc(F)cc1Br. The lowest BCUT2D eigenvalue weighted by Crippen LogP contribution is -2.30. The Kier molecular flexibility index (Phi) is 3.61. The Morgan fingerprint density at radius 2 is 2.25 bits per heavy atom. The molecule has 1 atom stereocenters. The lowest BCUT2D eigenvalue weighted by atomic mass is 9.93. The Balaban J connectivity index is 1.81. The highest BCUT2D eigenvalue weighted by atomic mass is 79.9. The Bertz CT molecular complexity index is 653. The van der Waals surface area contributed by atoms with E-state index in [1.165, 1.54) is 18.2 Å². The van der Waals surface area contributed by atoms with Crippen molar-refractivity contribution in [1.82, 2.24) is 5.32 Å². The third kappa shape index (κ3) is 2.50. The highest BCUT2D eigenvalue weighted by Crippen LogP contribution is 2.31. The van der Waals surface area contributed by atoms with Gasteiger partial charge >= 0.3 is 0 Å². The Labute approximate surface area is 124 Å². The fraction of sp³-hybridized carbons (Fsp3) is 0.267. The molecule has 0 spiro atoms. The zero-order valence-electron chi connectivity index (χ0n) is 10.7. The van der Waals surface area contributed by atoms with Gasteiger partial charge in [-0.05, 0) is 53.0 Å². The van der Waals surface area contributed by atoms with Gasteiger partial charge < -0.3 is 9.73 Å². The monoisotopic (exact) mass is 337 g/mol. The Morgan fingerprint density at radius 3 is 3.05 bits per heavy atom. The van der Waals surface area contributed by atoms with E-state index in [-0.39, 0.29) is 17.8 Å². The first kappa shape index (κ1) is 13.4. The summed E-state index contributed by atoms with van der Waals surface area (Å²) >= 11 is 3.22. The highest BCUT2D eigenvalue weighted by Gasteiger charge is 2.24. The highest BCUT2D eigenvalue weighted by molar-refractivity contribution is 9.10. The standard InChI is InChI=1S/C15H13BrFNO2/c16-12-8-9(17)4-5-10(12)15(19)18-13-2-1-3-14-11(13)6-7-20-14/h4-8,13H,1-3H2,(H,18,19). The first-order valence-corrected chi connectivity index (χ1v) is 7.26. The van der Waals surface area contributed by atoms with Gasteiger partial charge in [-0.25, -0.2) is 4.39 Å². The number of nitrogens with one attached hydrogen (secondary N) is 1. The van der Waals surface area contributed by atoms with E-state index in [0.29, 0.717) is 10.0 Å². The second-order valence-corrected chi connectivity index (χ2v) is 5.70. The molecule has 1 N–H and O–H groups in total. The number of amides is 1. The van der Waals surface area contributed by atoms with E-state index in [1.807, 2.05) is 6.07 Å². The van der Waals surface area contributed by atoms with E-state index in [4.69, 9.17) is 4.42 Å². The van der Waals surface area contributed by atoms with Crippen molar-refractivity contribution in [3.05, 3.63) is 57.7 Å². The molecule has 0 saturated heterocycles. The maximum Gasteiger partial charge on any atom is 0.252 e. The first-order valence-electron chi connectivity index (χ1n) is 6.47. The Hall–Kier alpha value is -1.62. The molecule has 1 amide bonds. The normalized spacial score (nSPS) is 17.6. The molecule has 1 unspecified atom stereocenters. The molecule has 3 rings (SSSR count). The number of carbonyl (C=O) groups excluding carboxylic acids is 1. The van der Waals surface area contributed by atoms with Crippen molar-refractivity contribution in [2.24, 2.45) is 0 Å². The van der Waals surface area contributed by atoms with Crippen LogP contribution in [0.2, 0.25) is 0 Å². The van der Waals surface area contributed by atoms with Crippen molar-refractivity contribution < 1.29 is 13.6 Å². The van der Waals surface area contributed by atoms with Crippen LogP contribution < -0.4 is 5.32 Å². The van der Waals surface area contributed by atoms with E-state index in [1.54, 1.807) is 6.26 Å². The number of furan rings is 1. The lowest BCUT2D eigenvalue weighted by molar-refractivity contribution is 0.0931. The summed E-state index contributed by atoms with van der Waals surface area (Å²) < 4.78 is 18.9. The van der Waals surface area contributed by atoms with Crippen LogP contribution in [-0.2, 0) is 6.42 Å². The number of carbonyl (C=O) groups is 1. The molecule has 2 aromatic rings. The van der Waals surface area contributed by atoms with Crippen LogP contribution in [0.25, 0.3) is 0 Å². The summed E-state index contributed by atoms with van der Waals surface area (Å²) in [4.78, 5) is 12.3. The zero-order valence-corrected chi connectivity index (χ0v) is 12.2. The van der Waals surface area contributed by atoms with E-state index in [9.17, 15) is 9.18 Å². The predicted molar refractivity (Wildman–Crippen MR) is 76.0 cm³/mol. The Morgan fingerprint density at radius 1 is 1.40 bits per heavy atom. The van der Waals surface area contributed by atoms with Gasteiger partial charge in [0.2, 0.25) is 0 Å². The van der Waals surface area contributed by atoms with Gasteiger partial charge in [0.25, 0.3) is 5.91 Å². The van der Waals surface area contributed by atoms with E-state index in [0.717, 1.165) is 30.6 Å². The van der Waals surface area contributed by atoms with Gasteiger partial charge in [0.05, 0.1) is 17.9 Å². The van der Waals surface area contributed by atoms with Gasteiger partial charge in [-0.1, -0.05) is 0 Å². The number of hydrogen-bond acceptors (Lipinski definition) is 2. The van der Waals surface area contributed by atoms with Crippen molar-refractivity contribution in [3.8, 4) is 0 Å². The summed E-state index contributed by atoms with van der Waals surface area (Å²) in [6, 6.07) is 5.91. The van der Waals surface area contributed by atoms with Gasteiger partial charge in [0, 0.05) is 16.5 Å². The summed E-state index contributed by atoms with van der Waals surface area (Å²) in [5.74, 6) is 0.360. The van der Waals surface area contributed by atoms with Gasteiger partial charge in [0.15, 0.2) is 0 Å². The molecule has 0 bridgehead atoms. The van der Waals surface area contributed by atoms with Gasteiger partial charge in [-0.2, -0.15) is 0 Å². The summed E-state index contributed by atoms with van der Waals surface area (Å²) in [6.07, 6.45) is 4.44. The van der Waals surface area contributed by atoms with Gasteiger partial charge in [-0.15, -0.1) is 0 Å². The van der Waals surface area contributed by atoms with E-state index in [2.05, 4.69) is 21.2 Å². The minimum Gasteiger partial charge on any atom is -0.469 e. The minimum atomic E-state index is -0.372. The minimum absolute atomic E-state index is 0.0399. The van der Waals surface area contributed by atoms with Crippen LogP contribution in [0.1, 0.15) is 40.6 Å². The predicted octanol–water partition coefficient (Wildman–Crippen LogP) is 3.99. The van der Waals surface area contributed by atoms with Crippen LogP contribution in [0.3, 0.4) is 0 Å². The average molecular weight is 338 g/mol.